The smallest absolute Gasteiger partial charge is 0.271 e. The Morgan fingerprint density at radius 1 is 1.00 bits per heavy atom. The average Bonchev–Trinajstić information content (AvgIpc) is 3.03. The zero-order valence-corrected chi connectivity index (χ0v) is 26.5. The van der Waals surface area contributed by atoms with Gasteiger partial charge in [-0.25, -0.2) is 5.43 Å². The summed E-state index contributed by atoms with van der Waals surface area (Å²) in [5.74, 6) is 1.57. The van der Waals surface area contributed by atoms with Gasteiger partial charge in [-0.2, -0.15) is 5.10 Å². The maximum atomic E-state index is 12.7. The number of rotatable bonds is 11. The van der Waals surface area contributed by atoms with Gasteiger partial charge < -0.3 is 9.47 Å². The summed E-state index contributed by atoms with van der Waals surface area (Å²) in [6, 6.07) is 29.7. The number of ether oxygens (including phenoxy) is 2. The first-order valence-corrected chi connectivity index (χ1v) is 15.6. The highest BCUT2D eigenvalue weighted by Gasteiger charge is 2.20. The normalized spacial score (nSPS) is 14.1. The number of nitrogens with one attached hydrogen (secondary N) is 1. The molecule has 0 saturated carbocycles. The van der Waals surface area contributed by atoms with Crippen LogP contribution >= 0.6 is 27.5 Å². The molecule has 5 rings (SSSR count). The lowest BCUT2D eigenvalue weighted by atomic mass is 9.90. The highest BCUT2D eigenvalue weighted by molar-refractivity contribution is 9.10. The molecule has 8 heteroatoms. The van der Waals surface area contributed by atoms with E-state index < -0.39 is 0 Å². The molecule has 0 radical (unpaired) electrons. The van der Waals surface area contributed by atoms with Gasteiger partial charge in [0, 0.05) is 22.7 Å². The largest absolute Gasteiger partial charge is 0.493 e. The highest BCUT2D eigenvalue weighted by Crippen LogP contribution is 2.37. The SMILES string of the molecule is COc1cc(/C=N\NC(=O)c2ccc(CN3CCC(Cc4ccccc4)CC3)cc2)cc(Br)c1OCc1ccccc1Cl. The number of benzene rings is 4. The van der Waals surface area contributed by atoms with Crippen molar-refractivity contribution in [2.24, 2.45) is 11.0 Å². The van der Waals surface area contributed by atoms with Gasteiger partial charge in [-0.15, -0.1) is 0 Å². The molecule has 0 spiro atoms. The van der Waals surface area contributed by atoms with Gasteiger partial charge in [-0.3, -0.25) is 9.69 Å². The number of hydrogen-bond donors (Lipinski definition) is 1. The third-order valence-corrected chi connectivity index (χ3v) is 8.62. The first-order valence-electron chi connectivity index (χ1n) is 14.4. The van der Waals surface area contributed by atoms with Crippen molar-refractivity contribution >= 4 is 39.7 Å². The minimum absolute atomic E-state index is 0.268. The number of nitrogens with zero attached hydrogens (tertiary/aromatic N) is 2. The average molecular weight is 661 g/mol. The molecule has 222 valence electrons. The van der Waals surface area contributed by atoms with E-state index >= 15 is 0 Å². The van der Waals surface area contributed by atoms with Crippen LogP contribution in [-0.2, 0) is 19.6 Å². The molecule has 43 heavy (non-hydrogen) atoms. The first kappa shape index (κ1) is 30.8. The summed E-state index contributed by atoms with van der Waals surface area (Å²) in [4.78, 5) is 15.2. The summed E-state index contributed by atoms with van der Waals surface area (Å²) < 4.78 is 12.2. The van der Waals surface area contributed by atoms with E-state index in [2.05, 4.69) is 61.7 Å². The Morgan fingerprint density at radius 2 is 1.72 bits per heavy atom. The van der Waals surface area contributed by atoms with Gasteiger partial charge in [0.1, 0.15) is 6.61 Å². The molecular weight excluding hydrogens is 626 g/mol. The van der Waals surface area contributed by atoms with Crippen molar-refractivity contribution in [1.29, 1.82) is 0 Å². The van der Waals surface area contributed by atoms with E-state index in [9.17, 15) is 4.79 Å². The van der Waals surface area contributed by atoms with Crippen molar-refractivity contribution in [2.75, 3.05) is 20.2 Å². The Labute approximate surface area is 266 Å². The van der Waals surface area contributed by atoms with E-state index in [1.807, 2.05) is 54.6 Å². The zero-order valence-electron chi connectivity index (χ0n) is 24.1. The highest BCUT2D eigenvalue weighted by atomic mass is 79.9. The minimum atomic E-state index is -0.268. The van der Waals surface area contributed by atoms with Crippen molar-refractivity contribution in [3.8, 4) is 11.5 Å². The standard InChI is InChI=1S/C35H35BrClN3O3/c1-42-33-21-28(20-31(36)34(33)43-24-30-9-5-6-10-32(30)37)22-38-39-35(41)29-13-11-27(12-14-29)23-40-17-15-26(16-18-40)19-25-7-3-2-4-8-25/h2-14,20-22,26H,15-19,23-24H2,1H3,(H,39,41)/b38-22-. The molecule has 0 unspecified atom stereocenters. The van der Waals surface area contributed by atoms with Crippen LogP contribution < -0.4 is 14.9 Å². The Balaban J connectivity index is 1.10. The number of likely N-dealkylation sites (tertiary alicyclic amines) is 1. The lowest BCUT2D eigenvalue weighted by Gasteiger charge is -2.32. The van der Waals surface area contributed by atoms with Crippen molar-refractivity contribution in [2.45, 2.75) is 32.4 Å². The first-order chi connectivity index (χ1) is 21.0. The van der Waals surface area contributed by atoms with Crippen LogP contribution in [0.1, 0.15) is 45.5 Å². The fourth-order valence-corrected chi connectivity index (χ4v) is 6.03. The number of hydrogen-bond acceptors (Lipinski definition) is 5. The summed E-state index contributed by atoms with van der Waals surface area (Å²) >= 11 is 9.81. The number of methoxy groups -OCH3 is 1. The van der Waals surface area contributed by atoms with Gasteiger partial charge in [0.2, 0.25) is 0 Å². The van der Waals surface area contributed by atoms with Crippen LogP contribution in [-0.4, -0.2) is 37.2 Å². The van der Waals surface area contributed by atoms with E-state index in [0.717, 1.165) is 43.1 Å². The second kappa shape index (κ2) is 15.2. The van der Waals surface area contributed by atoms with Crippen molar-refractivity contribution in [3.05, 3.63) is 128 Å². The molecule has 1 aliphatic heterocycles. The predicted molar refractivity (Wildman–Crippen MR) is 176 cm³/mol. The second-order valence-corrected chi connectivity index (χ2v) is 12.0. The molecule has 1 fully saturated rings. The Hall–Kier alpha value is -3.65. The molecule has 1 N–H and O–H groups in total. The second-order valence-electron chi connectivity index (χ2n) is 10.7. The van der Waals surface area contributed by atoms with Crippen LogP contribution in [0.15, 0.2) is 101 Å². The summed E-state index contributed by atoms with van der Waals surface area (Å²) in [7, 11) is 1.57. The third kappa shape index (κ3) is 8.69. The van der Waals surface area contributed by atoms with Crippen LogP contribution in [0.25, 0.3) is 0 Å². The van der Waals surface area contributed by atoms with Crippen LogP contribution in [0.2, 0.25) is 5.02 Å². The minimum Gasteiger partial charge on any atom is -0.493 e. The molecule has 0 atom stereocenters. The number of amides is 1. The fraction of sp³-hybridized carbons (Fsp3) is 0.257. The number of piperidine rings is 1. The summed E-state index contributed by atoms with van der Waals surface area (Å²) in [6.45, 7) is 3.39. The lowest BCUT2D eigenvalue weighted by Crippen LogP contribution is -2.33. The zero-order chi connectivity index (χ0) is 30.0. The monoisotopic (exact) mass is 659 g/mol. The van der Waals surface area contributed by atoms with Crippen LogP contribution in [0.4, 0.5) is 0 Å². The molecule has 1 heterocycles. The summed E-state index contributed by atoms with van der Waals surface area (Å²) in [5.41, 5.74) is 7.42. The quantitative estimate of drug-likeness (QED) is 0.131. The summed E-state index contributed by atoms with van der Waals surface area (Å²) in [5, 5.41) is 4.80. The Morgan fingerprint density at radius 3 is 2.44 bits per heavy atom. The van der Waals surface area contributed by atoms with Gasteiger partial charge in [0.15, 0.2) is 11.5 Å². The number of carbonyl (C=O) groups is 1. The maximum Gasteiger partial charge on any atom is 0.271 e. The maximum absolute atomic E-state index is 12.7. The van der Waals surface area contributed by atoms with Gasteiger partial charge in [-0.1, -0.05) is 72.3 Å². The van der Waals surface area contributed by atoms with Crippen molar-refractivity contribution in [3.63, 3.8) is 0 Å². The van der Waals surface area contributed by atoms with Crippen LogP contribution in [0, 0.1) is 5.92 Å². The van der Waals surface area contributed by atoms with Gasteiger partial charge in [-0.05, 0) is 101 Å². The molecule has 4 aromatic rings. The van der Waals surface area contributed by atoms with E-state index in [1.54, 1.807) is 19.4 Å². The number of halogens is 2. The molecule has 1 aliphatic rings. The Kier molecular flexibility index (Phi) is 10.9. The molecule has 1 saturated heterocycles. The Bertz CT molecular complexity index is 1540. The molecule has 4 aromatic carbocycles. The molecule has 0 bridgehead atoms. The van der Waals surface area contributed by atoms with Gasteiger partial charge in [0.05, 0.1) is 17.8 Å². The van der Waals surface area contributed by atoms with Gasteiger partial charge in [0.25, 0.3) is 5.91 Å². The van der Waals surface area contributed by atoms with Crippen LogP contribution in [0.3, 0.4) is 0 Å². The topological polar surface area (TPSA) is 63.2 Å². The molecule has 1 amide bonds. The molecule has 0 aromatic heterocycles. The number of hydrazone groups is 1. The van der Waals surface area contributed by atoms with E-state index in [-0.39, 0.29) is 5.91 Å². The fourth-order valence-electron chi connectivity index (χ4n) is 5.27. The summed E-state index contributed by atoms with van der Waals surface area (Å²) in [6.07, 6.45) is 5.16. The molecule has 6 nitrogen and oxygen atoms in total. The number of carbonyl (C=O) groups excluding carboxylic acids is 1. The van der Waals surface area contributed by atoms with Crippen LogP contribution in [0.5, 0.6) is 11.5 Å². The van der Waals surface area contributed by atoms with Crippen molar-refractivity contribution < 1.29 is 14.3 Å². The van der Waals surface area contributed by atoms with Crippen molar-refractivity contribution in [1.82, 2.24) is 10.3 Å². The molecular formula is C35H35BrClN3O3. The van der Waals surface area contributed by atoms with E-state index in [0.29, 0.717) is 33.2 Å². The van der Waals surface area contributed by atoms with E-state index in [4.69, 9.17) is 21.1 Å². The predicted octanol–water partition coefficient (Wildman–Crippen LogP) is 7.91. The van der Waals surface area contributed by atoms with Gasteiger partial charge >= 0.3 is 0 Å². The third-order valence-electron chi connectivity index (χ3n) is 7.66. The van der Waals surface area contributed by atoms with E-state index in [1.165, 1.54) is 24.0 Å². The molecule has 0 aliphatic carbocycles. The lowest BCUT2D eigenvalue weighted by molar-refractivity contribution is 0.0955.